The van der Waals surface area contributed by atoms with Crippen molar-refractivity contribution in [2.75, 3.05) is 23.3 Å². The number of carbonyl (C=O) groups excluding carboxylic acids is 1. The van der Waals surface area contributed by atoms with Crippen LogP contribution in [-0.4, -0.2) is 53.9 Å². The summed E-state index contributed by atoms with van der Waals surface area (Å²) in [5.74, 6) is 1.64. The average Bonchev–Trinajstić information content (AvgIpc) is 3.43. The van der Waals surface area contributed by atoms with Gasteiger partial charge in [0.05, 0.1) is 17.0 Å². The summed E-state index contributed by atoms with van der Waals surface area (Å²) in [5, 5.41) is 15.5. The molecule has 1 fully saturated rings. The number of hydrogen-bond donors (Lipinski definition) is 2. The normalized spacial score (nSPS) is 16.8. The summed E-state index contributed by atoms with van der Waals surface area (Å²) in [6, 6.07) is 11.4. The standard InChI is InChI=1S/C19H19N9O/c29-18(24-19-22-14-5-1-2-6-15(14)23-19)13-4-3-9-27(10-13)16-7-8-17(26-25-16)28-12-20-11-21-28/h1-2,5-8,11-13H,3-4,9-10H2,(H2,22,23,24,29). The van der Waals surface area contributed by atoms with Gasteiger partial charge in [0.25, 0.3) is 0 Å². The first-order chi connectivity index (χ1) is 14.3. The number of hydrogen-bond acceptors (Lipinski definition) is 7. The van der Waals surface area contributed by atoms with Gasteiger partial charge in [-0.2, -0.15) is 5.10 Å². The second-order valence-electron chi connectivity index (χ2n) is 6.97. The number of anilines is 2. The Morgan fingerprint density at radius 1 is 1.14 bits per heavy atom. The number of aromatic nitrogens is 7. The molecule has 29 heavy (non-hydrogen) atoms. The molecule has 1 atom stereocenters. The van der Waals surface area contributed by atoms with Gasteiger partial charge in [0.1, 0.15) is 12.7 Å². The number of aromatic amines is 1. The van der Waals surface area contributed by atoms with E-state index in [2.05, 4.69) is 40.5 Å². The van der Waals surface area contributed by atoms with Crippen LogP contribution < -0.4 is 10.2 Å². The van der Waals surface area contributed by atoms with Crippen LogP contribution in [0.1, 0.15) is 12.8 Å². The Bertz CT molecular complexity index is 1090. The van der Waals surface area contributed by atoms with Crippen LogP contribution in [0.5, 0.6) is 0 Å². The molecule has 0 bridgehead atoms. The van der Waals surface area contributed by atoms with Gasteiger partial charge >= 0.3 is 0 Å². The minimum Gasteiger partial charge on any atom is -0.354 e. The van der Waals surface area contributed by atoms with Crippen molar-refractivity contribution in [3.05, 3.63) is 49.1 Å². The number of imidazole rings is 1. The number of fused-ring (bicyclic) bond motifs is 1. The molecule has 4 heterocycles. The summed E-state index contributed by atoms with van der Waals surface area (Å²) in [7, 11) is 0. The number of para-hydroxylation sites is 2. The highest BCUT2D eigenvalue weighted by atomic mass is 16.2. The SMILES string of the molecule is O=C(Nc1nc2ccccc2[nH]1)C1CCCN(c2ccc(-n3cncn3)nn2)C1. The Labute approximate surface area is 166 Å². The van der Waals surface area contributed by atoms with Crippen molar-refractivity contribution in [2.24, 2.45) is 5.92 Å². The fraction of sp³-hybridized carbons (Fsp3) is 0.263. The first-order valence-electron chi connectivity index (χ1n) is 9.45. The summed E-state index contributed by atoms with van der Waals surface area (Å²) in [5.41, 5.74) is 1.73. The van der Waals surface area contributed by atoms with E-state index >= 15 is 0 Å². The molecule has 1 unspecified atom stereocenters. The smallest absolute Gasteiger partial charge is 0.231 e. The van der Waals surface area contributed by atoms with Crippen LogP contribution in [0.25, 0.3) is 16.9 Å². The molecule has 1 aliphatic heterocycles. The molecule has 4 aromatic rings. The highest BCUT2D eigenvalue weighted by molar-refractivity contribution is 5.93. The van der Waals surface area contributed by atoms with Gasteiger partial charge in [0.15, 0.2) is 11.6 Å². The summed E-state index contributed by atoms with van der Waals surface area (Å²) >= 11 is 0. The highest BCUT2D eigenvalue weighted by Gasteiger charge is 2.27. The lowest BCUT2D eigenvalue weighted by molar-refractivity contribution is -0.120. The molecule has 1 saturated heterocycles. The predicted octanol–water partition coefficient (Wildman–Crippen LogP) is 1.79. The Morgan fingerprint density at radius 2 is 2.00 bits per heavy atom. The van der Waals surface area contributed by atoms with Crippen LogP contribution in [-0.2, 0) is 4.79 Å². The molecule has 1 aromatic carbocycles. The van der Waals surface area contributed by atoms with Crippen LogP contribution in [0.15, 0.2) is 49.1 Å². The molecule has 0 saturated carbocycles. The van der Waals surface area contributed by atoms with E-state index < -0.39 is 0 Å². The Balaban J connectivity index is 1.26. The molecule has 0 spiro atoms. The van der Waals surface area contributed by atoms with Crippen molar-refractivity contribution in [1.29, 1.82) is 0 Å². The summed E-state index contributed by atoms with van der Waals surface area (Å²) in [6.45, 7) is 1.43. The fourth-order valence-electron chi connectivity index (χ4n) is 3.57. The van der Waals surface area contributed by atoms with Crippen molar-refractivity contribution in [2.45, 2.75) is 12.8 Å². The lowest BCUT2D eigenvalue weighted by atomic mass is 9.97. The largest absolute Gasteiger partial charge is 0.354 e. The molecule has 2 N–H and O–H groups in total. The average molecular weight is 389 g/mol. The lowest BCUT2D eigenvalue weighted by Crippen LogP contribution is -2.41. The fourth-order valence-corrected chi connectivity index (χ4v) is 3.57. The second-order valence-corrected chi connectivity index (χ2v) is 6.97. The third-order valence-electron chi connectivity index (χ3n) is 5.04. The molecule has 5 rings (SSSR count). The van der Waals surface area contributed by atoms with Crippen molar-refractivity contribution in [3.8, 4) is 5.82 Å². The molecular formula is C19H19N9O. The molecule has 0 aliphatic carbocycles. The Kier molecular flexibility index (Phi) is 4.35. The van der Waals surface area contributed by atoms with E-state index in [9.17, 15) is 4.79 Å². The van der Waals surface area contributed by atoms with Gasteiger partial charge in [-0.05, 0) is 37.1 Å². The Morgan fingerprint density at radius 3 is 2.79 bits per heavy atom. The molecule has 1 aliphatic rings. The summed E-state index contributed by atoms with van der Waals surface area (Å²) in [6.07, 6.45) is 4.76. The first-order valence-corrected chi connectivity index (χ1v) is 9.45. The molecule has 3 aromatic heterocycles. The number of carbonyl (C=O) groups is 1. The van der Waals surface area contributed by atoms with Gasteiger partial charge in [-0.1, -0.05) is 12.1 Å². The highest BCUT2D eigenvalue weighted by Crippen LogP contribution is 2.23. The molecule has 146 valence electrons. The van der Waals surface area contributed by atoms with E-state index in [1.165, 1.54) is 6.33 Å². The van der Waals surface area contributed by atoms with E-state index in [1.54, 1.807) is 11.0 Å². The van der Waals surface area contributed by atoms with E-state index in [-0.39, 0.29) is 11.8 Å². The number of nitrogens with one attached hydrogen (secondary N) is 2. The van der Waals surface area contributed by atoms with Gasteiger partial charge in [0, 0.05) is 13.1 Å². The maximum Gasteiger partial charge on any atom is 0.231 e. The van der Waals surface area contributed by atoms with Crippen LogP contribution in [0, 0.1) is 5.92 Å². The number of H-pyrrole nitrogens is 1. The van der Waals surface area contributed by atoms with E-state index in [1.807, 2.05) is 36.4 Å². The molecular weight excluding hydrogens is 370 g/mol. The summed E-state index contributed by atoms with van der Waals surface area (Å²) in [4.78, 5) is 26.3. The summed E-state index contributed by atoms with van der Waals surface area (Å²) < 4.78 is 1.55. The Hall–Kier alpha value is -3.82. The minimum absolute atomic E-state index is 0.0408. The number of nitrogens with zero attached hydrogens (tertiary/aromatic N) is 7. The second kappa shape index (κ2) is 7.30. The zero-order valence-corrected chi connectivity index (χ0v) is 15.6. The topological polar surface area (TPSA) is 118 Å². The van der Waals surface area contributed by atoms with Crippen LogP contribution in [0.2, 0.25) is 0 Å². The molecule has 10 heteroatoms. The van der Waals surface area contributed by atoms with Crippen LogP contribution in [0.3, 0.4) is 0 Å². The minimum atomic E-state index is -0.145. The van der Waals surface area contributed by atoms with E-state index in [4.69, 9.17) is 0 Å². The third kappa shape index (κ3) is 3.51. The maximum atomic E-state index is 12.8. The molecule has 1 amide bonds. The number of amides is 1. The van der Waals surface area contributed by atoms with Gasteiger partial charge in [-0.3, -0.25) is 10.1 Å². The first kappa shape index (κ1) is 17.3. The van der Waals surface area contributed by atoms with E-state index in [0.29, 0.717) is 18.3 Å². The van der Waals surface area contributed by atoms with E-state index in [0.717, 1.165) is 36.2 Å². The van der Waals surface area contributed by atoms with Crippen LogP contribution in [0.4, 0.5) is 11.8 Å². The molecule has 10 nitrogen and oxygen atoms in total. The zero-order valence-electron chi connectivity index (χ0n) is 15.6. The van der Waals surface area contributed by atoms with Crippen molar-refractivity contribution in [3.63, 3.8) is 0 Å². The van der Waals surface area contributed by atoms with Gasteiger partial charge in [0.2, 0.25) is 11.9 Å². The van der Waals surface area contributed by atoms with Crippen molar-refractivity contribution < 1.29 is 4.79 Å². The van der Waals surface area contributed by atoms with Gasteiger partial charge < -0.3 is 9.88 Å². The number of piperidine rings is 1. The van der Waals surface area contributed by atoms with Gasteiger partial charge in [-0.25, -0.2) is 14.6 Å². The molecule has 0 radical (unpaired) electrons. The quantitative estimate of drug-likeness (QED) is 0.546. The lowest BCUT2D eigenvalue weighted by Gasteiger charge is -2.32. The predicted molar refractivity (Wildman–Crippen MR) is 107 cm³/mol. The van der Waals surface area contributed by atoms with Gasteiger partial charge in [-0.15, -0.1) is 10.2 Å². The maximum absolute atomic E-state index is 12.8. The van der Waals surface area contributed by atoms with Crippen LogP contribution >= 0.6 is 0 Å². The van der Waals surface area contributed by atoms with Crippen molar-refractivity contribution in [1.82, 2.24) is 34.9 Å². The zero-order chi connectivity index (χ0) is 19.6. The van der Waals surface area contributed by atoms with Crippen molar-refractivity contribution >= 4 is 28.7 Å². The monoisotopic (exact) mass is 389 g/mol. The number of benzene rings is 1. The number of rotatable bonds is 4. The third-order valence-corrected chi connectivity index (χ3v) is 5.04.